The highest BCUT2D eigenvalue weighted by atomic mass is 15.3. The summed E-state index contributed by atoms with van der Waals surface area (Å²) in [5.41, 5.74) is 23.0. The molecule has 0 N–H and O–H groups in total. The maximum atomic E-state index is 2.67. The second kappa shape index (κ2) is 13.1. The number of hydrogen-bond donors (Lipinski definition) is 0. The van der Waals surface area contributed by atoms with Crippen LogP contribution in [0.15, 0.2) is 181 Å². The average Bonchev–Trinajstić information content (AvgIpc) is 4.03. The first kappa shape index (κ1) is 35.5. The number of para-hydroxylation sites is 3. The first-order valence-corrected chi connectivity index (χ1v) is 22.2. The molecule has 2 aliphatic carbocycles. The Labute approximate surface area is 362 Å². The Morgan fingerprint density at radius 3 is 2.10 bits per heavy atom. The van der Waals surface area contributed by atoms with Crippen LogP contribution in [-0.4, -0.2) is 10.4 Å². The van der Waals surface area contributed by atoms with Crippen molar-refractivity contribution in [2.45, 2.75) is 52.5 Å². The van der Waals surface area contributed by atoms with Crippen LogP contribution in [0, 0.1) is 27.7 Å². The Balaban J connectivity index is 1.07. The van der Waals surface area contributed by atoms with Crippen molar-refractivity contribution in [2.24, 2.45) is 0 Å². The molecule has 0 saturated heterocycles. The smallest absolute Gasteiger partial charge is 0.0723 e. The monoisotopic (exact) mass is 798 g/mol. The first-order chi connectivity index (χ1) is 30.4. The predicted octanol–water partition coefficient (Wildman–Crippen LogP) is 15.2. The van der Waals surface area contributed by atoms with Crippen LogP contribution in [0.25, 0.3) is 43.7 Å². The van der Waals surface area contributed by atoms with E-state index < -0.39 is 0 Å². The van der Waals surface area contributed by atoms with Crippen LogP contribution in [0.5, 0.6) is 0 Å². The molecule has 2 unspecified atom stereocenters. The number of benzene rings is 7. The van der Waals surface area contributed by atoms with Crippen LogP contribution >= 0.6 is 0 Å². The van der Waals surface area contributed by atoms with Gasteiger partial charge in [0.05, 0.1) is 39.9 Å². The van der Waals surface area contributed by atoms with Crippen molar-refractivity contribution in [1.82, 2.24) is 4.40 Å². The van der Waals surface area contributed by atoms with Crippen LogP contribution in [0.2, 0.25) is 0 Å². The Morgan fingerprint density at radius 2 is 1.31 bits per heavy atom. The van der Waals surface area contributed by atoms with E-state index in [9.17, 15) is 0 Å². The van der Waals surface area contributed by atoms with Crippen molar-refractivity contribution < 1.29 is 0 Å². The quantitative estimate of drug-likeness (QED) is 0.166. The Hall–Kier alpha value is -7.30. The number of fused-ring (bicyclic) bond motifs is 12. The molecule has 0 spiro atoms. The summed E-state index contributed by atoms with van der Waals surface area (Å²) < 4.78 is 2.57. The third kappa shape index (κ3) is 4.83. The molecule has 13 rings (SSSR count). The maximum absolute atomic E-state index is 2.67. The average molecular weight is 799 g/mol. The largest absolute Gasteiger partial charge is 0.332 e. The van der Waals surface area contributed by atoms with Crippen molar-refractivity contribution in [3.63, 3.8) is 0 Å². The fraction of sp³-hybridized carbons (Fsp3) is 0.138. The summed E-state index contributed by atoms with van der Waals surface area (Å²) in [5.74, 6) is 0.140. The van der Waals surface area contributed by atoms with Crippen molar-refractivity contribution >= 4 is 77.8 Å². The van der Waals surface area contributed by atoms with Gasteiger partial charge in [0.15, 0.2) is 0 Å². The summed E-state index contributed by atoms with van der Waals surface area (Å²) in [6.07, 6.45) is 14.0. The predicted molar refractivity (Wildman–Crippen MR) is 261 cm³/mol. The SMILES string of the molecule is Cc1ccc(C)c(N(C2=CC=C3c4cc5c(cc4N4c6ccccc6C2C34)c2ccc(N(C3=CCCC=C3)c3cc(C)ccc3C)c3c4ccccc4n5c23)c2ccccc2)c1. The summed E-state index contributed by atoms with van der Waals surface area (Å²) in [6.45, 7) is 8.89. The molecule has 62 heavy (non-hydrogen) atoms. The summed E-state index contributed by atoms with van der Waals surface area (Å²) >= 11 is 0. The number of hydrogen-bond acceptors (Lipinski definition) is 3. The zero-order valence-electron chi connectivity index (χ0n) is 35.5. The molecule has 2 aromatic heterocycles. The molecule has 4 nitrogen and oxygen atoms in total. The van der Waals surface area contributed by atoms with Gasteiger partial charge < -0.3 is 19.1 Å². The van der Waals surface area contributed by atoms with E-state index >= 15 is 0 Å². The van der Waals surface area contributed by atoms with E-state index in [2.05, 4.69) is 217 Å². The molecule has 9 aromatic rings. The molecule has 4 heteroatoms. The van der Waals surface area contributed by atoms with Crippen LogP contribution in [0.3, 0.4) is 0 Å². The zero-order valence-corrected chi connectivity index (χ0v) is 35.5. The van der Waals surface area contributed by atoms with E-state index in [0.717, 1.165) is 12.8 Å². The van der Waals surface area contributed by atoms with Crippen LogP contribution in [0.1, 0.15) is 52.1 Å². The van der Waals surface area contributed by atoms with Gasteiger partial charge in [-0.15, -0.1) is 0 Å². The van der Waals surface area contributed by atoms with Gasteiger partial charge in [0.1, 0.15) is 0 Å². The van der Waals surface area contributed by atoms with Crippen LogP contribution in [0.4, 0.5) is 34.1 Å². The van der Waals surface area contributed by atoms with E-state index in [1.165, 1.54) is 123 Å². The van der Waals surface area contributed by atoms with Gasteiger partial charge >= 0.3 is 0 Å². The van der Waals surface area contributed by atoms with E-state index in [1.54, 1.807) is 0 Å². The maximum Gasteiger partial charge on any atom is 0.0723 e. The minimum Gasteiger partial charge on any atom is -0.332 e. The molecule has 0 saturated carbocycles. The van der Waals surface area contributed by atoms with E-state index in [4.69, 9.17) is 0 Å². The standard InChI is InChI=1S/C58H46N4/c1-35-23-25-37(3)51(31-35)59(39-15-7-5-8-16-39)49-29-27-41-45-33-54-46(34-53(45)61-47-21-13-11-19-43(47)55(49)57(41)61)42-28-30-50(56-44-20-12-14-22-48(44)62(54)58(42)56)60(40-17-9-6-10-18-40)52-32-36(2)24-26-38(52)4/h5,7-9,11-34,55,57H,6,10H2,1-4H3. The highest BCUT2D eigenvalue weighted by Crippen LogP contribution is 2.62. The molecule has 2 aliphatic heterocycles. The Morgan fingerprint density at radius 1 is 0.565 bits per heavy atom. The third-order valence-corrected chi connectivity index (χ3v) is 14.2. The minimum atomic E-state index is 0.140. The number of nitrogens with zero attached hydrogens (tertiary/aromatic N) is 4. The molecular weight excluding hydrogens is 753 g/mol. The normalized spacial score (nSPS) is 17.4. The zero-order chi connectivity index (χ0) is 41.4. The highest BCUT2D eigenvalue weighted by Gasteiger charge is 2.51. The lowest BCUT2D eigenvalue weighted by atomic mass is 9.81. The molecule has 0 fully saturated rings. The topological polar surface area (TPSA) is 14.1 Å². The second-order valence-corrected chi connectivity index (χ2v) is 17.9. The number of anilines is 6. The molecule has 0 radical (unpaired) electrons. The molecule has 0 amide bonds. The van der Waals surface area contributed by atoms with E-state index in [0.29, 0.717) is 0 Å². The van der Waals surface area contributed by atoms with Crippen LogP contribution in [-0.2, 0) is 0 Å². The number of rotatable bonds is 6. The van der Waals surface area contributed by atoms with E-state index in [-0.39, 0.29) is 12.0 Å². The van der Waals surface area contributed by atoms with Crippen LogP contribution < -0.4 is 14.7 Å². The lowest BCUT2D eigenvalue weighted by Crippen LogP contribution is -2.33. The van der Waals surface area contributed by atoms with Gasteiger partial charge in [-0.1, -0.05) is 103 Å². The third-order valence-electron chi connectivity index (χ3n) is 14.2. The summed E-state index contributed by atoms with van der Waals surface area (Å²) in [6, 6.07) is 52.8. The lowest BCUT2D eigenvalue weighted by Gasteiger charge is -2.37. The highest BCUT2D eigenvalue weighted by molar-refractivity contribution is 6.28. The Bertz CT molecular complexity index is 3490. The van der Waals surface area contributed by atoms with Crippen molar-refractivity contribution in [2.75, 3.05) is 14.7 Å². The minimum absolute atomic E-state index is 0.140. The fourth-order valence-corrected chi connectivity index (χ4v) is 11.4. The molecular formula is C58H46N4. The van der Waals surface area contributed by atoms with Gasteiger partial charge in [0.2, 0.25) is 0 Å². The first-order valence-electron chi connectivity index (χ1n) is 22.2. The fourth-order valence-electron chi connectivity index (χ4n) is 11.4. The van der Waals surface area contributed by atoms with Gasteiger partial charge in [-0.05, 0) is 141 Å². The molecule has 298 valence electrons. The summed E-state index contributed by atoms with van der Waals surface area (Å²) in [4.78, 5) is 7.72. The van der Waals surface area contributed by atoms with Gasteiger partial charge in [-0.25, -0.2) is 0 Å². The van der Waals surface area contributed by atoms with Gasteiger partial charge in [-0.2, -0.15) is 0 Å². The Kier molecular flexibility index (Phi) is 7.49. The van der Waals surface area contributed by atoms with E-state index in [1.807, 2.05) is 0 Å². The van der Waals surface area contributed by atoms with Gasteiger partial charge in [-0.3, -0.25) is 0 Å². The number of aryl methyl sites for hydroxylation is 4. The summed E-state index contributed by atoms with van der Waals surface area (Å²) in [7, 11) is 0. The lowest BCUT2D eigenvalue weighted by molar-refractivity contribution is 0.725. The number of allylic oxidation sites excluding steroid dienone is 5. The number of aromatic nitrogens is 1. The second-order valence-electron chi connectivity index (χ2n) is 17.9. The van der Waals surface area contributed by atoms with Gasteiger partial charge in [0, 0.05) is 61.3 Å². The molecule has 4 heterocycles. The molecule has 7 aromatic carbocycles. The molecule has 4 aliphatic rings. The summed E-state index contributed by atoms with van der Waals surface area (Å²) in [5, 5.41) is 5.18. The van der Waals surface area contributed by atoms with Crippen molar-refractivity contribution in [1.29, 1.82) is 0 Å². The molecule has 0 bridgehead atoms. The van der Waals surface area contributed by atoms with Crippen molar-refractivity contribution in [3.05, 3.63) is 215 Å². The van der Waals surface area contributed by atoms with Crippen molar-refractivity contribution in [3.8, 4) is 0 Å². The van der Waals surface area contributed by atoms with Gasteiger partial charge in [0.25, 0.3) is 0 Å². The molecule has 2 atom stereocenters.